The highest BCUT2D eigenvalue weighted by Gasteiger charge is 2.29. The average molecular weight is 252 g/mol. The van der Waals surface area contributed by atoms with Gasteiger partial charge in [-0.3, -0.25) is 0 Å². The van der Waals surface area contributed by atoms with Gasteiger partial charge in [-0.05, 0) is 44.6 Å². The van der Waals surface area contributed by atoms with E-state index in [1.165, 1.54) is 32.1 Å². The maximum atomic E-state index is 5.61. The fourth-order valence-electron chi connectivity index (χ4n) is 2.51. The summed E-state index contributed by atoms with van der Waals surface area (Å²) in [5.41, 5.74) is 5.61. The molecule has 0 radical (unpaired) electrons. The number of hydrogen-bond acceptors (Lipinski definition) is 5. The predicted molar refractivity (Wildman–Crippen MR) is 70.5 cm³/mol. The van der Waals surface area contributed by atoms with Crippen molar-refractivity contribution in [3.05, 3.63) is 5.82 Å². The molecule has 0 aromatic carbocycles. The topological polar surface area (TPSA) is 55.0 Å². The monoisotopic (exact) mass is 252 g/mol. The van der Waals surface area contributed by atoms with Gasteiger partial charge in [-0.25, -0.2) is 4.98 Å². The van der Waals surface area contributed by atoms with Crippen LogP contribution in [0.2, 0.25) is 0 Å². The third-order valence-corrected chi connectivity index (χ3v) is 4.62. The summed E-state index contributed by atoms with van der Waals surface area (Å²) in [5.74, 6) is 2.59. The lowest BCUT2D eigenvalue weighted by atomic mass is 9.94. The molecule has 17 heavy (non-hydrogen) atoms. The molecule has 2 aliphatic rings. The first kappa shape index (κ1) is 11.4. The van der Waals surface area contributed by atoms with E-state index in [1.807, 2.05) is 0 Å². The van der Waals surface area contributed by atoms with Crippen LogP contribution >= 0.6 is 11.5 Å². The molecule has 0 amide bonds. The van der Waals surface area contributed by atoms with Gasteiger partial charge in [-0.1, -0.05) is 0 Å². The fraction of sp³-hybridized carbons (Fsp3) is 0.833. The minimum Gasteiger partial charge on any atom is -0.347 e. The third-order valence-electron chi connectivity index (χ3n) is 3.83. The van der Waals surface area contributed by atoms with Crippen molar-refractivity contribution in [1.82, 2.24) is 9.36 Å². The van der Waals surface area contributed by atoms with Crippen LogP contribution in [0, 0.1) is 5.92 Å². The van der Waals surface area contributed by atoms with Crippen LogP contribution in [0.1, 0.15) is 43.8 Å². The van der Waals surface area contributed by atoms with E-state index in [4.69, 9.17) is 5.73 Å². The van der Waals surface area contributed by atoms with E-state index in [2.05, 4.69) is 14.3 Å². The number of piperidine rings is 1. The molecule has 2 fully saturated rings. The molecule has 5 heteroatoms. The van der Waals surface area contributed by atoms with Gasteiger partial charge in [-0.2, -0.15) is 4.37 Å². The van der Waals surface area contributed by atoms with E-state index >= 15 is 0 Å². The minimum atomic E-state index is 0.676. The van der Waals surface area contributed by atoms with Gasteiger partial charge in [0.15, 0.2) is 0 Å². The Morgan fingerprint density at radius 1 is 1.24 bits per heavy atom. The molecule has 1 saturated heterocycles. The zero-order valence-electron chi connectivity index (χ0n) is 10.1. The lowest BCUT2D eigenvalue weighted by molar-refractivity contribution is 0.386. The van der Waals surface area contributed by atoms with Gasteiger partial charge in [0.05, 0.1) is 0 Å². The first-order chi connectivity index (χ1) is 8.36. The number of hydrogen-bond donors (Lipinski definition) is 1. The van der Waals surface area contributed by atoms with Crippen molar-refractivity contribution in [3.8, 4) is 0 Å². The molecular weight excluding hydrogens is 232 g/mol. The predicted octanol–water partition coefficient (Wildman–Crippen LogP) is 1.98. The van der Waals surface area contributed by atoms with Crippen LogP contribution < -0.4 is 10.6 Å². The SMILES string of the molecule is NCCC1CCN(c2nc(C3CC3)ns2)CC1. The smallest absolute Gasteiger partial charge is 0.205 e. The van der Waals surface area contributed by atoms with E-state index < -0.39 is 0 Å². The molecule has 0 atom stereocenters. The second kappa shape index (κ2) is 4.90. The number of aromatic nitrogens is 2. The Hall–Kier alpha value is -0.680. The Bertz CT molecular complexity index is 366. The number of anilines is 1. The lowest BCUT2D eigenvalue weighted by Crippen LogP contribution is -2.34. The maximum Gasteiger partial charge on any atom is 0.205 e. The van der Waals surface area contributed by atoms with E-state index in [0.717, 1.165) is 36.5 Å². The van der Waals surface area contributed by atoms with Gasteiger partial charge in [0, 0.05) is 30.5 Å². The molecule has 2 N–H and O–H groups in total. The summed E-state index contributed by atoms with van der Waals surface area (Å²) in [7, 11) is 0. The van der Waals surface area contributed by atoms with Gasteiger partial charge >= 0.3 is 0 Å². The number of nitrogens with two attached hydrogens (primary N) is 1. The highest BCUT2D eigenvalue weighted by molar-refractivity contribution is 7.09. The van der Waals surface area contributed by atoms with E-state index in [0.29, 0.717) is 5.92 Å². The molecule has 0 unspecified atom stereocenters. The minimum absolute atomic E-state index is 0.676. The van der Waals surface area contributed by atoms with Crippen LogP contribution in [-0.2, 0) is 0 Å². The quantitative estimate of drug-likeness (QED) is 0.890. The summed E-state index contributed by atoms with van der Waals surface area (Å²) in [4.78, 5) is 7.07. The zero-order valence-corrected chi connectivity index (χ0v) is 11.0. The van der Waals surface area contributed by atoms with Crippen LogP contribution in [0.5, 0.6) is 0 Å². The standard InChI is InChI=1S/C12H20N4S/c13-6-3-9-4-7-16(8-5-9)12-14-11(15-17-12)10-1-2-10/h9-10H,1-8,13H2. The third kappa shape index (κ3) is 2.60. The summed E-state index contributed by atoms with van der Waals surface area (Å²) in [6, 6.07) is 0. The van der Waals surface area contributed by atoms with Gasteiger partial charge in [0.2, 0.25) is 5.13 Å². The Morgan fingerprint density at radius 2 is 2.00 bits per heavy atom. The van der Waals surface area contributed by atoms with Crippen LogP contribution in [0.4, 0.5) is 5.13 Å². The van der Waals surface area contributed by atoms with Crippen LogP contribution in [0.25, 0.3) is 0 Å². The second-order valence-electron chi connectivity index (χ2n) is 5.22. The van der Waals surface area contributed by atoms with Crippen LogP contribution in [0.15, 0.2) is 0 Å². The molecule has 1 aromatic rings. The lowest BCUT2D eigenvalue weighted by Gasteiger charge is -2.31. The van der Waals surface area contributed by atoms with Crippen molar-refractivity contribution in [2.75, 3.05) is 24.5 Å². The molecule has 3 rings (SSSR count). The molecule has 1 saturated carbocycles. The van der Waals surface area contributed by atoms with Crippen molar-refractivity contribution in [2.24, 2.45) is 11.7 Å². The largest absolute Gasteiger partial charge is 0.347 e. The fourth-order valence-corrected chi connectivity index (χ4v) is 3.31. The molecule has 0 spiro atoms. The summed E-state index contributed by atoms with van der Waals surface area (Å²) < 4.78 is 4.48. The summed E-state index contributed by atoms with van der Waals surface area (Å²) >= 11 is 1.58. The van der Waals surface area contributed by atoms with Gasteiger partial charge in [-0.15, -0.1) is 0 Å². The summed E-state index contributed by atoms with van der Waals surface area (Å²) in [6.07, 6.45) is 6.27. The van der Waals surface area contributed by atoms with E-state index in [1.54, 1.807) is 11.5 Å². The van der Waals surface area contributed by atoms with Crippen molar-refractivity contribution in [2.45, 2.75) is 38.0 Å². The van der Waals surface area contributed by atoms with Gasteiger partial charge in [0.25, 0.3) is 0 Å². The van der Waals surface area contributed by atoms with Crippen molar-refractivity contribution in [1.29, 1.82) is 0 Å². The van der Waals surface area contributed by atoms with Crippen molar-refractivity contribution < 1.29 is 0 Å². The Morgan fingerprint density at radius 3 is 2.65 bits per heavy atom. The van der Waals surface area contributed by atoms with E-state index in [-0.39, 0.29) is 0 Å². The second-order valence-corrected chi connectivity index (χ2v) is 5.95. The maximum absolute atomic E-state index is 5.61. The number of rotatable bonds is 4. The van der Waals surface area contributed by atoms with Crippen LogP contribution in [0.3, 0.4) is 0 Å². The molecule has 0 bridgehead atoms. The van der Waals surface area contributed by atoms with Crippen molar-refractivity contribution >= 4 is 16.7 Å². The first-order valence-corrected chi connectivity index (χ1v) is 7.43. The Kier molecular flexibility index (Phi) is 3.29. The molecule has 94 valence electrons. The summed E-state index contributed by atoms with van der Waals surface area (Å²) in [6.45, 7) is 3.09. The number of nitrogens with zero attached hydrogens (tertiary/aromatic N) is 3. The molecule has 4 nitrogen and oxygen atoms in total. The average Bonchev–Trinajstić information content (AvgIpc) is 3.09. The normalized spacial score (nSPS) is 22.1. The van der Waals surface area contributed by atoms with Gasteiger partial charge < -0.3 is 10.6 Å². The molecule has 1 aliphatic carbocycles. The highest BCUT2D eigenvalue weighted by atomic mass is 32.1. The molecule has 2 heterocycles. The Labute approximate surface area is 106 Å². The Balaban J connectivity index is 1.57. The molecular formula is C12H20N4S. The van der Waals surface area contributed by atoms with E-state index in [9.17, 15) is 0 Å². The highest BCUT2D eigenvalue weighted by Crippen LogP contribution is 2.40. The first-order valence-electron chi connectivity index (χ1n) is 6.65. The zero-order chi connectivity index (χ0) is 11.7. The van der Waals surface area contributed by atoms with Crippen LogP contribution in [-0.4, -0.2) is 29.0 Å². The van der Waals surface area contributed by atoms with Crippen molar-refractivity contribution in [3.63, 3.8) is 0 Å². The summed E-state index contributed by atoms with van der Waals surface area (Å²) in [5, 5.41) is 1.14. The van der Waals surface area contributed by atoms with Gasteiger partial charge in [0.1, 0.15) is 5.82 Å². The molecule has 1 aromatic heterocycles. The molecule has 1 aliphatic heterocycles.